The molecule has 0 fully saturated rings. The van der Waals surface area contributed by atoms with E-state index in [1.807, 2.05) is 26.0 Å². The highest BCUT2D eigenvalue weighted by Crippen LogP contribution is 2.28. The van der Waals surface area contributed by atoms with Crippen LogP contribution in [0.4, 0.5) is 5.69 Å². The molecule has 2 N–H and O–H groups in total. The second-order valence-corrected chi connectivity index (χ2v) is 5.21. The molecule has 0 unspecified atom stereocenters. The Hall–Kier alpha value is -1.96. The molecular weight excluding hydrogens is 234 g/mol. The van der Waals surface area contributed by atoms with Gasteiger partial charge in [0.05, 0.1) is 0 Å². The quantitative estimate of drug-likeness (QED) is 0.839. The summed E-state index contributed by atoms with van der Waals surface area (Å²) >= 11 is 0. The van der Waals surface area contributed by atoms with Gasteiger partial charge >= 0.3 is 0 Å². The zero-order chi connectivity index (χ0) is 14.0. The summed E-state index contributed by atoms with van der Waals surface area (Å²) in [6.45, 7) is 8.83. The molecule has 0 bridgehead atoms. The number of rotatable bonds is 3. The molecule has 0 aliphatic rings. The molecule has 100 valence electrons. The van der Waals surface area contributed by atoms with E-state index in [0.29, 0.717) is 6.61 Å². The second kappa shape index (κ2) is 5.35. The summed E-state index contributed by atoms with van der Waals surface area (Å²) in [5, 5.41) is 0. The zero-order valence-corrected chi connectivity index (χ0v) is 12.1. The molecule has 0 radical (unpaired) electrons. The van der Waals surface area contributed by atoms with E-state index in [-0.39, 0.29) is 0 Å². The van der Waals surface area contributed by atoms with Gasteiger partial charge in [-0.25, -0.2) is 0 Å². The molecule has 2 nitrogen and oxygen atoms in total. The van der Waals surface area contributed by atoms with Gasteiger partial charge in [-0.05, 0) is 44.9 Å². The predicted molar refractivity (Wildman–Crippen MR) is 80.6 cm³/mol. The number of ether oxygens (including phenoxy) is 1. The van der Waals surface area contributed by atoms with Gasteiger partial charge in [-0.1, -0.05) is 35.4 Å². The fourth-order valence-electron chi connectivity index (χ4n) is 2.37. The van der Waals surface area contributed by atoms with E-state index >= 15 is 0 Å². The fourth-order valence-corrected chi connectivity index (χ4v) is 2.37. The smallest absolute Gasteiger partial charge is 0.127 e. The maximum Gasteiger partial charge on any atom is 0.127 e. The number of aryl methyl sites for hydroxylation is 3. The Kier molecular flexibility index (Phi) is 3.79. The Morgan fingerprint density at radius 1 is 0.947 bits per heavy atom. The Labute approximate surface area is 115 Å². The molecule has 2 aromatic rings. The summed E-state index contributed by atoms with van der Waals surface area (Å²) in [7, 11) is 0. The molecular formula is C17H21NO. The minimum absolute atomic E-state index is 0.577. The van der Waals surface area contributed by atoms with E-state index in [1.165, 1.54) is 16.7 Å². The lowest BCUT2D eigenvalue weighted by molar-refractivity contribution is 0.302. The molecule has 2 heteroatoms. The third kappa shape index (κ3) is 3.08. The van der Waals surface area contributed by atoms with E-state index < -0.39 is 0 Å². The third-order valence-electron chi connectivity index (χ3n) is 3.31. The minimum Gasteiger partial charge on any atom is -0.488 e. The molecule has 0 saturated carbocycles. The van der Waals surface area contributed by atoms with E-state index in [1.54, 1.807) is 0 Å². The first kappa shape index (κ1) is 13.5. The normalized spacial score (nSPS) is 10.5. The van der Waals surface area contributed by atoms with Crippen LogP contribution in [0.5, 0.6) is 5.75 Å². The summed E-state index contributed by atoms with van der Waals surface area (Å²) in [5.41, 5.74) is 12.6. The number of hydrogen-bond donors (Lipinski definition) is 1. The highest BCUT2D eigenvalue weighted by Gasteiger charge is 2.07. The number of nitrogen functional groups attached to an aromatic ring is 1. The van der Waals surface area contributed by atoms with Gasteiger partial charge in [-0.3, -0.25) is 0 Å². The number of nitrogens with two attached hydrogens (primary N) is 1. The Bertz CT molecular complexity index is 582. The van der Waals surface area contributed by atoms with E-state index in [2.05, 4.69) is 32.0 Å². The Balaban J connectivity index is 2.21. The van der Waals surface area contributed by atoms with Gasteiger partial charge in [0, 0.05) is 11.3 Å². The summed E-state index contributed by atoms with van der Waals surface area (Å²) in [6.07, 6.45) is 0. The molecule has 0 aliphatic carbocycles. The largest absolute Gasteiger partial charge is 0.488 e. The first-order valence-electron chi connectivity index (χ1n) is 6.53. The molecule has 19 heavy (non-hydrogen) atoms. The monoisotopic (exact) mass is 255 g/mol. The average molecular weight is 255 g/mol. The van der Waals surface area contributed by atoms with Crippen LogP contribution in [0, 0.1) is 27.7 Å². The standard InChI is InChI=1S/C17H21NO/c1-11-7-12(2)9-15(8-11)10-19-17-13(3)5-6-16(18)14(17)4/h5-9H,10,18H2,1-4H3. The molecule has 0 atom stereocenters. The Morgan fingerprint density at radius 2 is 1.58 bits per heavy atom. The van der Waals surface area contributed by atoms with Crippen LogP contribution >= 0.6 is 0 Å². The molecule has 2 rings (SSSR count). The fraction of sp³-hybridized carbons (Fsp3) is 0.294. The zero-order valence-electron chi connectivity index (χ0n) is 12.1. The Morgan fingerprint density at radius 3 is 2.21 bits per heavy atom. The van der Waals surface area contributed by atoms with Gasteiger partial charge in [-0.15, -0.1) is 0 Å². The first-order valence-corrected chi connectivity index (χ1v) is 6.53. The topological polar surface area (TPSA) is 35.2 Å². The van der Waals surface area contributed by atoms with Crippen LogP contribution in [-0.4, -0.2) is 0 Å². The van der Waals surface area contributed by atoms with Gasteiger partial charge < -0.3 is 10.5 Å². The van der Waals surface area contributed by atoms with Gasteiger partial charge in [0.15, 0.2) is 0 Å². The van der Waals surface area contributed by atoms with E-state index in [0.717, 1.165) is 22.6 Å². The van der Waals surface area contributed by atoms with Gasteiger partial charge in [-0.2, -0.15) is 0 Å². The van der Waals surface area contributed by atoms with Crippen molar-refractivity contribution < 1.29 is 4.74 Å². The average Bonchev–Trinajstić information content (AvgIpc) is 2.33. The van der Waals surface area contributed by atoms with Gasteiger partial charge in [0.25, 0.3) is 0 Å². The van der Waals surface area contributed by atoms with Crippen molar-refractivity contribution in [1.29, 1.82) is 0 Å². The van der Waals surface area contributed by atoms with Crippen LogP contribution in [-0.2, 0) is 6.61 Å². The minimum atomic E-state index is 0.577. The van der Waals surface area contributed by atoms with Gasteiger partial charge in [0.1, 0.15) is 12.4 Å². The maximum atomic E-state index is 5.96. The lowest BCUT2D eigenvalue weighted by Crippen LogP contribution is -2.01. The number of benzene rings is 2. The van der Waals surface area contributed by atoms with Crippen LogP contribution in [0.15, 0.2) is 30.3 Å². The molecule has 0 saturated heterocycles. The molecule has 0 spiro atoms. The first-order chi connectivity index (χ1) is 8.97. The van der Waals surface area contributed by atoms with Crippen LogP contribution < -0.4 is 10.5 Å². The van der Waals surface area contributed by atoms with Crippen LogP contribution in [0.1, 0.15) is 27.8 Å². The highest BCUT2D eigenvalue weighted by atomic mass is 16.5. The van der Waals surface area contributed by atoms with Crippen molar-refractivity contribution in [2.24, 2.45) is 0 Å². The maximum absolute atomic E-state index is 5.96. The molecule has 0 aliphatic heterocycles. The van der Waals surface area contributed by atoms with Crippen molar-refractivity contribution in [3.63, 3.8) is 0 Å². The predicted octanol–water partition coefficient (Wildman–Crippen LogP) is 4.08. The van der Waals surface area contributed by atoms with Crippen LogP contribution in [0.2, 0.25) is 0 Å². The SMILES string of the molecule is Cc1cc(C)cc(COc2c(C)ccc(N)c2C)c1. The van der Waals surface area contributed by atoms with Crippen LogP contribution in [0.3, 0.4) is 0 Å². The summed E-state index contributed by atoms with van der Waals surface area (Å²) < 4.78 is 5.96. The highest BCUT2D eigenvalue weighted by molar-refractivity contribution is 5.56. The molecule has 0 aromatic heterocycles. The molecule has 0 amide bonds. The van der Waals surface area contributed by atoms with E-state index in [9.17, 15) is 0 Å². The van der Waals surface area contributed by atoms with Crippen molar-refractivity contribution in [3.05, 3.63) is 58.1 Å². The van der Waals surface area contributed by atoms with Crippen molar-refractivity contribution in [3.8, 4) is 5.75 Å². The summed E-state index contributed by atoms with van der Waals surface area (Å²) in [5.74, 6) is 0.902. The van der Waals surface area contributed by atoms with Crippen molar-refractivity contribution in [2.45, 2.75) is 34.3 Å². The number of anilines is 1. The summed E-state index contributed by atoms with van der Waals surface area (Å²) in [4.78, 5) is 0. The summed E-state index contributed by atoms with van der Waals surface area (Å²) in [6, 6.07) is 10.4. The van der Waals surface area contributed by atoms with Crippen LogP contribution in [0.25, 0.3) is 0 Å². The lowest BCUT2D eigenvalue weighted by atomic mass is 10.1. The molecule has 0 heterocycles. The van der Waals surface area contributed by atoms with Crippen molar-refractivity contribution >= 4 is 5.69 Å². The van der Waals surface area contributed by atoms with Crippen molar-refractivity contribution in [1.82, 2.24) is 0 Å². The second-order valence-electron chi connectivity index (χ2n) is 5.21. The third-order valence-corrected chi connectivity index (χ3v) is 3.31. The lowest BCUT2D eigenvalue weighted by Gasteiger charge is -2.14. The van der Waals surface area contributed by atoms with Gasteiger partial charge in [0.2, 0.25) is 0 Å². The van der Waals surface area contributed by atoms with Crippen molar-refractivity contribution in [2.75, 3.05) is 5.73 Å². The molecule has 2 aromatic carbocycles. The van der Waals surface area contributed by atoms with E-state index in [4.69, 9.17) is 10.5 Å². The number of hydrogen-bond acceptors (Lipinski definition) is 2.